The highest BCUT2D eigenvalue weighted by atomic mass is 32.2. The minimum atomic E-state index is -0.582. The van der Waals surface area contributed by atoms with Gasteiger partial charge in [-0.1, -0.05) is 23.4 Å². The maximum Gasteiger partial charge on any atom is 0.397 e. The van der Waals surface area contributed by atoms with Crippen molar-refractivity contribution in [3.63, 3.8) is 0 Å². The van der Waals surface area contributed by atoms with Crippen LogP contribution in [0.4, 0.5) is 0 Å². The Kier molecular flexibility index (Phi) is 4.35. The summed E-state index contributed by atoms with van der Waals surface area (Å²) in [4.78, 5) is 16.4. The summed E-state index contributed by atoms with van der Waals surface area (Å²) in [6.45, 7) is 2.01. The third-order valence-corrected chi connectivity index (χ3v) is 3.04. The Morgan fingerprint density at radius 3 is 2.89 bits per heavy atom. The summed E-state index contributed by atoms with van der Waals surface area (Å²) in [7, 11) is 0. The van der Waals surface area contributed by atoms with E-state index < -0.39 is 5.97 Å². The van der Waals surface area contributed by atoms with Crippen molar-refractivity contribution >= 4 is 17.7 Å². The van der Waals surface area contributed by atoms with Crippen LogP contribution in [0.1, 0.15) is 23.4 Å². The number of benzene rings is 1. The summed E-state index contributed by atoms with van der Waals surface area (Å²) in [5.41, 5.74) is 0. The lowest BCUT2D eigenvalue weighted by atomic mass is 10.4. The lowest BCUT2D eigenvalue weighted by Gasteiger charge is -1.96. The number of hydrogen-bond donors (Lipinski definition) is 0. The molecule has 2 rings (SSSR count). The summed E-state index contributed by atoms with van der Waals surface area (Å²) >= 11 is 1.57. The smallest absolute Gasteiger partial charge is 0.397 e. The number of rotatable bonds is 5. The van der Waals surface area contributed by atoms with Crippen molar-refractivity contribution in [3.8, 4) is 0 Å². The molecule has 1 aromatic heterocycles. The molecule has 0 radical (unpaired) electrons. The standard InChI is InChI=1S/C12H12N2O3S/c1-2-16-12(15)11-13-10(14-17-11)8-18-9-6-4-3-5-7-9/h3-7H,2,8H2,1H3. The van der Waals surface area contributed by atoms with E-state index in [0.29, 0.717) is 11.6 Å². The van der Waals surface area contributed by atoms with E-state index in [2.05, 4.69) is 10.1 Å². The van der Waals surface area contributed by atoms with E-state index in [0.717, 1.165) is 4.90 Å². The van der Waals surface area contributed by atoms with Crippen LogP contribution in [0.5, 0.6) is 0 Å². The third-order valence-electron chi connectivity index (χ3n) is 2.03. The maximum absolute atomic E-state index is 11.3. The van der Waals surface area contributed by atoms with Gasteiger partial charge in [0.15, 0.2) is 5.82 Å². The summed E-state index contributed by atoms with van der Waals surface area (Å²) in [5.74, 6) is 0.348. The van der Waals surface area contributed by atoms with Crippen LogP contribution in [0.25, 0.3) is 0 Å². The predicted molar refractivity (Wildman–Crippen MR) is 66.3 cm³/mol. The molecule has 0 N–H and O–H groups in total. The molecule has 0 saturated carbocycles. The van der Waals surface area contributed by atoms with Crippen LogP contribution in [-0.2, 0) is 10.5 Å². The topological polar surface area (TPSA) is 65.2 Å². The van der Waals surface area contributed by atoms with Gasteiger partial charge >= 0.3 is 11.9 Å². The highest BCUT2D eigenvalue weighted by Crippen LogP contribution is 2.20. The van der Waals surface area contributed by atoms with Gasteiger partial charge in [-0.05, 0) is 19.1 Å². The molecule has 0 bridgehead atoms. The summed E-state index contributed by atoms with van der Waals surface area (Å²) < 4.78 is 9.58. The molecule has 0 unspecified atom stereocenters. The number of esters is 1. The molecule has 18 heavy (non-hydrogen) atoms. The molecule has 0 fully saturated rings. The second-order valence-electron chi connectivity index (χ2n) is 3.34. The lowest BCUT2D eigenvalue weighted by molar-refractivity contribution is 0.0470. The van der Waals surface area contributed by atoms with E-state index in [1.54, 1.807) is 18.7 Å². The fourth-order valence-electron chi connectivity index (χ4n) is 1.25. The fraction of sp³-hybridized carbons (Fsp3) is 0.250. The van der Waals surface area contributed by atoms with E-state index in [-0.39, 0.29) is 12.5 Å². The fourth-order valence-corrected chi connectivity index (χ4v) is 2.02. The zero-order chi connectivity index (χ0) is 12.8. The van der Waals surface area contributed by atoms with E-state index >= 15 is 0 Å². The zero-order valence-electron chi connectivity index (χ0n) is 9.83. The van der Waals surface area contributed by atoms with Gasteiger partial charge in [-0.15, -0.1) is 11.8 Å². The molecular formula is C12H12N2O3S. The van der Waals surface area contributed by atoms with Gasteiger partial charge in [-0.3, -0.25) is 0 Å². The SMILES string of the molecule is CCOC(=O)c1nc(CSc2ccccc2)no1. The average molecular weight is 264 g/mol. The first kappa shape index (κ1) is 12.6. The number of aromatic nitrogens is 2. The molecule has 0 saturated heterocycles. The van der Waals surface area contributed by atoms with Gasteiger partial charge in [-0.25, -0.2) is 4.79 Å². The second-order valence-corrected chi connectivity index (χ2v) is 4.39. The molecule has 0 amide bonds. The van der Waals surface area contributed by atoms with Crippen molar-refractivity contribution in [1.82, 2.24) is 10.1 Å². The Balaban J connectivity index is 1.93. The Bertz CT molecular complexity index is 513. The minimum Gasteiger partial charge on any atom is -0.459 e. The van der Waals surface area contributed by atoms with Gasteiger partial charge in [0.1, 0.15) is 0 Å². The molecule has 0 aliphatic heterocycles. The lowest BCUT2D eigenvalue weighted by Crippen LogP contribution is -2.04. The molecule has 0 aliphatic carbocycles. The molecule has 5 nitrogen and oxygen atoms in total. The highest BCUT2D eigenvalue weighted by Gasteiger charge is 2.15. The van der Waals surface area contributed by atoms with Crippen LogP contribution < -0.4 is 0 Å². The number of nitrogens with zero attached hydrogens (tertiary/aromatic N) is 2. The van der Waals surface area contributed by atoms with Crippen LogP contribution in [0.2, 0.25) is 0 Å². The summed E-state index contributed by atoms with van der Waals surface area (Å²) in [6.07, 6.45) is 0. The number of thioether (sulfide) groups is 1. The van der Waals surface area contributed by atoms with Gasteiger partial charge in [0.05, 0.1) is 12.4 Å². The van der Waals surface area contributed by atoms with Gasteiger partial charge in [0.2, 0.25) is 0 Å². The molecule has 1 heterocycles. The van der Waals surface area contributed by atoms with Crippen LogP contribution >= 0.6 is 11.8 Å². The van der Waals surface area contributed by atoms with Crippen molar-refractivity contribution in [3.05, 3.63) is 42.0 Å². The van der Waals surface area contributed by atoms with Crippen molar-refractivity contribution in [1.29, 1.82) is 0 Å². The number of carbonyl (C=O) groups excluding carboxylic acids is 1. The third kappa shape index (κ3) is 3.33. The molecule has 94 valence electrons. The van der Waals surface area contributed by atoms with Gasteiger partial charge in [0.25, 0.3) is 0 Å². The van der Waals surface area contributed by atoms with Crippen molar-refractivity contribution in [2.24, 2.45) is 0 Å². The first-order valence-electron chi connectivity index (χ1n) is 5.47. The number of ether oxygens (including phenoxy) is 1. The van der Waals surface area contributed by atoms with Gasteiger partial charge in [-0.2, -0.15) is 4.98 Å². The largest absolute Gasteiger partial charge is 0.459 e. The van der Waals surface area contributed by atoms with Crippen molar-refractivity contribution < 1.29 is 14.1 Å². The van der Waals surface area contributed by atoms with E-state index in [1.807, 2.05) is 30.3 Å². The molecule has 0 aliphatic rings. The Morgan fingerprint density at radius 2 is 2.17 bits per heavy atom. The molecular weight excluding hydrogens is 252 g/mol. The molecule has 2 aromatic rings. The molecule has 1 aromatic carbocycles. The Hall–Kier alpha value is -1.82. The highest BCUT2D eigenvalue weighted by molar-refractivity contribution is 7.98. The zero-order valence-corrected chi connectivity index (χ0v) is 10.6. The Morgan fingerprint density at radius 1 is 1.39 bits per heavy atom. The molecule has 0 atom stereocenters. The summed E-state index contributed by atoms with van der Waals surface area (Å²) in [6, 6.07) is 9.87. The van der Waals surface area contributed by atoms with Crippen molar-refractivity contribution in [2.45, 2.75) is 17.6 Å². The number of hydrogen-bond acceptors (Lipinski definition) is 6. The molecule has 6 heteroatoms. The summed E-state index contributed by atoms with van der Waals surface area (Å²) in [5, 5.41) is 3.73. The van der Waals surface area contributed by atoms with E-state index in [1.165, 1.54) is 0 Å². The van der Waals surface area contributed by atoms with Crippen LogP contribution in [-0.4, -0.2) is 22.7 Å². The number of carbonyl (C=O) groups is 1. The first-order valence-corrected chi connectivity index (χ1v) is 6.45. The van der Waals surface area contributed by atoms with Crippen LogP contribution in [0, 0.1) is 0 Å². The molecule has 0 spiro atoms. The van der Waals surface area contributed by atoms with Crippen LogP contribution in [0.3, 0.4) is 0 Å². The second kappa shape index (κ2) is 6.20. The normalized spacial score (nSPS) is 10.3. The van der Waals surface area contributed by atoms with E-state index in [9.17, 15) is 4.79 Å². The van der Waals surface area contributed by atoms with Crippen LogP contribution in [0.15, 0.2) is 39.8 Å². The average Bonchev–Trinajstić information content (AvgIpc) is 2.87. The van der Waals surface area contributed by atoms with Gasteiger partial charge < -0.3 is 9.26 Å². The van der Waals surface area contributed by atoms with Gasteiger partial charge in [0, 0.05) is 4.90 Å². The monoisotopic (exact) mass is 264 g/mol. The Labute approximate surface area is 109 Å². The predicted octanol–water partition coefficient (Wildman–Crippen LogP) is 2.54. The first-order chi connectivity index (χ1) is 8.79. The quantitative estimate of drug-likeness (QED) is 0.610. The maximum atomic E-state index is 11.3. The minimum absolute atomic E-state index is 0.0967. The van der Waals surface area contributed by atoms with E-state index in [4.69, 9.17) is 9.26 Å². The van der Waals surface area contributed by atoms with Crippen molar-refractivity contribution in [2.75, 3.05) is 6.61 Å².